The molecule has 6 nitrogen and oxygen atoms in total. The number of benzene rings is 1. The molecule has 8 heteroatoms. The maximum atomic E-state index is 13.4. The summed E-state index contributed by atoms with van der Waals surface area (Å²) < 4.78 is 26.5. The molecule has 2 aromatic rings. The Morgan fingerprint density at radius 1 is 1.43 bits per heavy atom. The van der Waals surface area contributed by atoms with Gasteiger partial charge in [0, 0.05) is 36.3 Å². The molecule has 2 heterocycles. The number of aromatic amines is 1. The monoisotopic (exact) mass is 322 g/mol. The summed E-state index contributed by atoms with van der Waals surface area (Å²) in [5.74, 6) is -2.23. The summed E-state index contributed by atoms with van der Waals surface area (Å²) in [6.07, 6.45) is 0.551. The molecule has 0 saturated carbocycles. The standard InChI is InChI=1S/C15H16F2N4O2/c16-10-2-1-8(5-11(10)17)14-9-6-21(15(23)12(18)7-22)4-3-13(9)19-20-14/h1-2,5,12,22H,3-4,6-7,18H2,(H,19,20)/t12-/m0/s1. The first-order valence-electron chi connectivity index (χ1n) is 7.18. The van der Waals surface area contributed by atoms with E-state index in [1.165, 1.54) is 11.0 Å². The minimum absolute atomic E-state index is 0.257. The molecule has 0 unspecified atom stereocenters. The highest BCUT2D eigenvalue weighted by atomic mass is 19.2. The van der Waals surface area contributed by atoms with Gasteiger partial charge in [0.05, 0.1) is 12.3 Å². The molecule has 0 saturated heterocycles. The lowest BCUT2D eigenvalue weighted by Crippen LogP contribution is -2.47. The largest absolute Gasteiger partial charge is 0.394 e. The number of amides is 1. The van der Waals surface area contributed by atoms with Crippen LogP contribution in [0.15, 0.2) is 18.2 Å². The Bertz CT molecular complexity index is 747. The van der Waals surface area contributed by atoms with Gasteiger partial charge in [-0.25, -0.2) is 8.78 Å². The van der Waals surface area contributed by atoms with Gasteiger partial charge in [0.2, 0.25) is 5.91 Å². The summed E-state index contributed by atoms with van der Waals surface area (Å²) in [4.78, 5) is 13.6. The van der Waals surface area contributed by atoms with Crippen LogP contribution in [0.1, 0.15) is 11.3 Å². The van der Waals surface area contributed by atoms with Gasteiger partial charge in [0.25, 0.3) is 0 Å². The van der Waals surface area contributed by atoms with Gasteiger partial charge in [-0.2, -0.15) is 5.10 Å². The molecule has 23 heavy (non-hydrogen) atoms. The molecule has 1 amide bonds. The third kappa shape index (κ3) is 2.82. The lowest BCUT2D eigenvalue weighted by molar-refractivity contribution is -0.134. The molecule has 1 aromatic heterocycles. The number of nitrogens with two attached hydrogens (primary N) is 1. The van der Waals surface area contributed by atoms with E-state index in [0.717, 1.165) is 23.4 Å². The summed E-state index contributed by atoms with van der Waals surface area (Å²) in [5, 5.41) is 16.1. The second-order valence-corrected chi connectivity index (χ2v) is 5.46. The van der Waals surface area contributed by atoms with E-state index in [1.54, 1.807) is 0 Å². The summed E-state index contributed by atoms with van der Waals surface area (Å²) >= 11 is 0. The summed E-state index contributed by atoms with van der Waals surface area (Å²) in [7, 11) is 0. The molecule has 0 fully saturated rings. The average molecular weight is 322 g/mol. The van der Waals surface area contributed by atoms with Crippen LogP contribution in [0.2, 0.25) is 0 Å². The van der Waals surface area contributed by atoms with Gasteiger partial charge in [-0.05, 0) is 18.2 Å². The molecular weight excluding hydrogens is 306 g/mol. The zero-order valence-corrected chi connectivity index (χ0v) is 12.2. The van der Waals surface area contributed by atoms with E-state index >= 15 is 0 Å². The van der Waals surface area contributed by atoms with Crippen molar-refractivity contribution in [3.63, 3.8) is 0 Å². The van der Waals surface area contributed by atoms with Gasteiger partial charge >= 0.3 is 0 Å². The van der Waals surface area contributed by atoms with Crippen molar-refractivity contribution in [2.24, 2.45) is 5.73 Å². The number of hydrogen-bond acceptors (Lipinski definition) is 4. The topological polar surface area (TPSA) is 95.2 Å². The molecule has 3 rings (SSSR count). The number of carbonyl (C=O) groups is 1. The molecule has 0 radical (unpaired) electrons. The Labute approximate surface area is 130 Å². The summed E-state index contributed by atoms with van der Waals surface area (Å²) in [6, 6.07) is 2.59. The second kappa shape index (κ2) is 6.05. The van der Waals surface area contributed by atoms with Gasteiger partial charge in [0.15, 0.2) is 11.6 Å². The van der Waals surface area contributed by atoms with E-state index in [0.29, 0.717) is 24.2 Å². The van der Waals surface area contributed by atoms with Crippen LogP contribution >= 0.6 is 0 Å². The van der Waals surface area contributed by atoms with Crippen LogP contribution in [-0.2, 0) is 17.8 Å². The number of aliphatic hydroxyl groups excluding tert-OH is 1. The molecule has 4 N–H and O–H groups in total. The Morgan fingerprint density at radius 3 is 2.91 bits per heavy atom. The van der Waals surface area contributed by atoms with Gasteiger partial charge in [0.1, 0.15) is 6.04 Å². The minimum Gasteiger partial charge on any atom is -0.394 e. The highest BCUT2D eigenvalue weighted by Crippen LogP contribution is 2.29. The number of carbonyl (C=O) groups excluding carboxylic acids is 1. The highest BCUT2D eigenvalue weighted by molar-refractivity contribution is 5.82. The number of hydrogen-bond donors (Lipinski definition) is 3. The lowest BCUT2D eigenvalue weighted by Gasteiger charge is -2.29. The first-order chi connectivity index (χ1) is 11.0. The van der Waals surface area contributed by atoms with E-state index in [9.17, 15) is 13.6 Å². The zero-order chi connectivity index (χ0) is 16.6. The minimum atomic E-state index is -0.963. The molecule has 0 aliphatic carbocycles. The fourth-order valence-corrected chi connectivity index (χ4v) is 2.68. The van der Waals surface area contributed by atoms with Crippen LogP contribution in [0, 0.1) is 11.6 Å². The van der Waals surface area contributed by atoms with Crippen LogP contribution in [0.3, 0.4) is 0 Å². The second-order valence-electron chi connectivity index (χ2n) is 5.46. The number of fused-ring (bicyclic) bond motifs is 1. The average Bonchev–Trinajstić information content (AvgIpc) is 2.99. The van der Waals surface area contributed by atoms with Gasteiger partial charge in [-0.15, -0.1) is 0 Å². The third-order valence-corrected chi connectivity index (χ3v) is 3.95. The Hall–Kier alpha value is -2.32. The van der Waals surface area contributed by atoms with Crippen molar-refractivity contribution in [3.05, 3.63) is 41.1 Å². The molecule has 0 bridgehead atoms. The van der Waals surface area contributed by atoms with Crippen molar-refractivity contribution in [3.8, 4) is 11.3 Å². The normalized spacial score (nSPS) is 15.4. The third-order valence-electron chi connectivity index (χ3n) is 3.95. The van der Waals surface area contributed by atoms with Crippen molar-refractivity contribution >= 4 is 5.91 Å². The maximum absolute atomic E-state index is 13.4. The van der Waals surface area contributed by atoms with Crippen LogP contribution in [-0.4, -0.2) is 45.3 Å². The smallest absolute Gasteiger partial charge is 0.242 e. The number of rotatable bonds is 3. The summed E-state index contributed by atoms with van der Waals surface area (Å²) in [6.45, 7) is 0.287. The van der Waals surface area contributed by atoms with Gasteiger partial charge in [-0.1, -0.05) is 0 Å². The van der Waals surface area contributed by atoms with E-state index < -0.39 is 24.3 Å². The van der Waals surface area contributed by atoms with E-state index in [2.05, 4.69) is 10.2 Å². The quantitative estimate of drug-likeness (QED) is 0.769. The lowest BCUT2D eigenvalue weighted by atomic mass is 10.0. The van der Waals surface area contributed by atoms with Crippen molar-refractivity contribution in [2.45, 2.75) is 19.0 Å². The number of nitrogens with one attached hydrogen (secondary N) is 1. The Balaban J connectivity index is 1.92. The van der Waals surface area contributed by atoms with Gasteiger partial charge < -0.3 is 15.7 Å². The predicted octanol–water partition coefficient (Wildman–Crippen LogP) is 0.559. The summed E-state index contributed by atoms with van der Waals surface area (Å²) in [5.41, 5.74) is 8.09. The molecule has 1 aromatic carbocycles. The fraction of sp³-hybridized carbons (Fsp3) is 0.333. The Kier molecular flexibility index (Phi) is 4.10. The SMILES string of the molecule is N[C@@H](CO)C(=O)N1CCc2[nH]nc(-c3ccc(F)c(F)c3)c2C1. The number of halogens is 2. The molecule has 1 atom stereocenters. The Morgan fingerprint density at radius 2 is 2.22 bits per heavy atom. The first-order valence-corrected chi connectivity index (χ1v) is 7.18. The van der Waals surface area contributed by atoms with Crippen molar-refractivity contribution in [1.29, 1.82) is 0 Å². The fourth-order valence-electron chi connectivity index (χ4n) is 2.68. The molecule has 1 aliphatic rings. The molecule has 1 aliphatic heterocycles. The van der Waals surface area contributed by atoms with E-state index in [1.807, 2.05) is 0 Å². The number of aromatic nitrogens is 2. The highest BCUT2D eigenvalue weighted by Gasteiger charge is 2.28. The van der Waals surface area contributed by atoms with E-state index in [-0.39, 0.29) is 12.5 Å². The molecular formula is C15H16F2N4O2. The maximum Gasteiger partial charge on any atom is 0.242 e. The molecule has 122 valence electrons. The van der Waals surface area contributed by atoms with Crippen molar-refractivity contribution in [2.75, 3.05) is 13.2 Å². The predicted molar refractivity (Wildman–Crippen MR) is 78.1 cm³/mol. The van der Waals surface area contributed by atoms with Gasteiger partial charge in [-0.3, -0.25) is 9.89 Å². The number of aliphatic hydroxyl groups is 1. The van der Waals surface area contributed by atoms with Crippen LogP contribution in [0.5, 0.6) is 0 Å². The number of nitrogens with zero attached hydrogens (tertiary/aromatic N) is 2. The van der Waals surface area contributed by atoms with E-state index in [4.69, 9.17) is 10.8 Å². The van der Waals surface area contributed by atoms with Crippen molar-refractivity contribution in [1.82, 2.24) is 15.1 Å². The van der Waals surface area contributed by atoms with Crippen molar-refractivity contribution < 1.29 is 18.7 Å². The first kappa shape index (κ1) is 15.6. The zero-order valence-electron chi connectivity index (χ0n) is 12.2. The van der Waals surface area contributed by atoms with Crippen LogP contribution in [0.4, 0.5) is 8.78 Å². The number of H-pyrrole nitrogens is 1. The molecule has 0 spiro atoms. The van der Waals surface area contributed by atoms with Crippen LogP contribution < -0.4 is 5.73 Å². The van der Waals surface area contributed by atoms with Crippen LogP contribution in [0.25, 0.3) is 11.3 Å².